The number of nitro groups is 1. The minimum absolute atomic E-state index is 0.0404. The second kappa shape index (κ2) is 5.72. The summed E-state index contributed by atoms with van der Waals surface area (Å²) in [7, 11) is 1.69. The van der Waals surface area contributed by atoms with E-state index in [1.807, 2.05) is 13.8 Å². The van der Waals surface area contributed by atoms with Crippen LogP contribution >= 0.6 is 0 Å². The summed E-state index contributed by atoms with van der Waals surface area (Å²) in [5, 5.41) is 22.7. The molecule has 1 N–H and O–H groups in total. The van der Waals surface area contributed by atoms with Crippen molar-refractivity contribution < 1.29 is 4.92 Å². The summed E-state index contributed by atoms with van der Waals surface area (Å²) in [4.78, 5) is 10.9. The van der Waals surface area contributed by atoms with Crippen LogP contribution in [0.5, 0.6) is 0 Å². The molecular weight excluding hydrogens is 260 g/mol. The molecule has 20 heavy (non-hydrogen) atoms. The van der Waals surface area contributed by atoms with Gasteiger partial charge in [0.1, 0.15) is 5.69 Å². The van der Waals surface area contributed by atoms with Gasteiger partial charge in [-0.2, -0.15) is 10.2 Å². The Morgan fingerprint density at radius 2 is 2.20 bits per heavy atom. The summed E-state index contributed by atoms with van der Waals surface area (Å²) in [6, 6.07) is 0. The number of aryl methyl sites for hydroxylation is 3. The van der Waals surface area contributed by atoms with Gasteiger partial charge in [0.2, 0.25) is 5.82 Å². The molecular formula is C12H18N6O2. The fourth-order valence-corrected chi connectivity index (χ4v) is 2.04. The monoisotopic (exact) mass is 278 g/mol. The van der Waals surface area contributed by atoms with E-state index in [9.17, 15) is 10.1 Å². The van der Waals surface area contributed by atoms with Crippen molar-refractivity contribution in [3.8, 4) is 0 Å². The van der Waals surface area contributed by atoms with Crippen molar-refractivity contribution in [3.63, 3.8) is 0 Å². The van der Waals surface area contributed by atoms with Crippen LogP contribution in [-0.2, 0) is 20.0 Å². The normalized spacial score (nSPS) is 10.8. The number of nitrogens with one attached hydrogen (secondary N) is 1. The molecule has 8 nitrogen and oxygen atoms in total. The summed E-state index contributed by atoms with van der Waals surface area (Å²) in [5.41, 5.74) is 1.25. The standard InChI is InChI=1S/C12H18N6O2/c1-4-6-10-11(18(19)20)12(16(3)15-10)14-9-7-13-17(5-2)8-9/h7-8,14H,4-6H2,1-3H3. The average molecular weight is 278 g/mol. The molecule has 0 aromatic carbocycles. The van der Waals surface area contributed by atoms with E-state index in [2.05, 4.69) is 15.5 Å². The lowest BCUT2D eigenvalue weighted by atomic mass is 10.2. The number of rotatable bonds is 6. The summed E-state index contributed by atoms with van der Waals surface area (Å²) < 4.78 is 3.25. The van der Waals surface area contributed by atoms with Gasteiger partial charge in [-0.3, -0.25) is 14.8 Å². The van der Waals surface area contributed by atoms with E-state index in [-0.39, 0.29) is 10.6 Å². The van der Waals surface area contributed by atoms with Crippen molar-refractivity contribution in [3.05, 3.63) is 28.2 Å². The zero-order valence-electron chi connectivity index (χ0n) is 11.8. The molecule has 2 heterocycles. The number of aromatic nitrogens is 4. The summed E-state index contributed by atoms with van der Waals surface area (Å²) in [5.74, 6) is 0.383. The van der Waals surface area contributed by atoms with Crippen molar-refractivity contribution in [1.29, 1.82) is 0 Å². The number of hydrogen-bond acceptors (Lipinski definition) is 5. The highest BCUT2D eigenvalue weighted by molar-refractivity contribution is 5.67. The molecule has 0 aliphatic rings. The molecule has 8 heteroatoms. The van der Waals surface area contributed by atoms with Gasteiger partial charge >= 0.3 is 5.69 Å². The van der Waals surface area contributed by atoms with E-state index < -0.39 is 0 Å². The molecule has 0 aliphatic heterocycles. The zero-order chi connectivity index (χ0) is 14.7. The van der Waals surface area contributed by atoms with Gasteiger partial charge in [-0.05, 0) is 13.3 Å². The van der Waals surface area contributed by atoms with Crippen molar-refractivity contribution in [2.75, 3.05) is 5.32 Å². The predicted octanol–water partition coefficient (Wildman–Crippen LogP) is 2.24. The van der Waals surface area contributed by atoms with Gasteiger partial charge < -0.3 is 5.32 Å². The first-order valence-corrected chi connectivity index (χ1v) is 6.56. The zero-order valence-corrected chi connectivity index (χ0v) is 11.8. The van der Waals surface area contributed by atoms with E-state index in [0.717, 1.165) is 13.0 Å². The molecule has 0 radical (unpaired) electrons. The second-order valence-corrected chi connectivity index (χ2v) is 4.48. The Bertz CT molecular complexity index is 615. The quantitative estimate of drug-likeness (QED) is 0.646. The molecule has 0 amide bonds. The van der Waals surface area contributed by atoms with Gasteiger partial charge in [0.25, 0.3) is 0 Å². The SMILES string of the molecule is CCCc1nn(C)c(Nc2cnn(CC)c2)c1[N+](=O)[O-]. The largest absolute Gasteiger partial charge is 0.334 e. The van der Waals surface area contributed by atoms with Crippen LogP contribution in [-0.4, -0.2) is 24.5 Å². The maximum absolute atomic E-state index is 11.3. The van der Waals surface area contributed by atoms with E-state index in [0.29, 0.717) is 23.6 Å². The summed E-state index contributed by atoms with van der Waals surface area (Å²) in [6.07, 6.45) is 4.83. The number of hydrogen-bond donors (Lipinski definition) is 1. The molecule has 2 rings (SSSR count). The molecule has 0 saturated heterocycles. The Morgan fingerprint density at radius 1 is 1.45 bits per heavy atom. The highest BCUT2D eigenvalue weighted by Gasteiger charge is 2.26. The minimum atomic E-state index is -0.384. The van der Waals surface area contributed by atoms with E-state index in [1.54, 1.807) is 24.1 Å². The Balaban J connectivity index is 2.37. The van der Waals surface area contributed by atoms with Crippen molar-refractivity contribution in [2.24, 2.45) is 7.05 Å². The third kappa shape index (κ3) is 2.63. The van der Waals surface area contributed by atoms with E-state index >= 15 is 0 Å². The Morgan fingerprint density at radius 3 is 2.75 bits per heavy atom. The first-order valence-electron chi connectivity index (χ1n) is 6.56. The van der Waals surface area contributed by atoms with Crippen LogP contribution in [0.4, 0.5) is 17.2 Å². The predicted molar refractivity (Wildman–Crippen MR) is 75.0 cm³/mol. The summed E-state index contributed by atoms with van der Waals surface area (Å²) in [6.45, 7) is 4.69. The number of anilines is 2. The van der Waals surface area contributed by atoms with Crippen molar-refractivity contribution in [2.45, 2.75) is 33.2 Å². The molecule has 0 fully saturated rings. The Hall–Kier alpha value is -2.38. The fourth-order valence-electron chi connectivity index (χ4n) is 2.04. The van der Waals surface area contributed by atoms with Crippen LogP contribution in [0.1, 0.15) is 26.0 Å². The average Bonchev–Trinajstić information content (AvgIpc) is 2.96. The molecule has 0 unspecified atom stereocenters. The Kier molecular flexibility index (Phi) is 4.02. The molecule has 2 aromatic heterocycles. The van der Waals surface area contributed by atoms with E-state index in [1.165, 1.54) is 4.68 Å². The smallest absolute Gasteiger partial charge is 0.332 e. The first-order chi connectivity index (χ1) is 9.56. The van der Waals surface area contributed by atoms with Crippen molar-refractivity contribution in [1.82, 2.24) is 19.6 Å². The van der Waals surface area contributed by atoms with Crippen molar-refractivity contribution >= 4 is 17.2 Å². The molecule has 0 atom stereocenters. The first kappa shape index (κ1) is 14.0. The molecule has 2 aromatic rings. The lowest BCUT2D eigenvalue weighted by Crippen LogP contribution is -2.01. The van der Waals surface area contributed by atoms with Crippen LogP contribution in [0.15, 0.2) is 12.4 Å². The van der Waals surface area contributed by atoms with Gasteiger partial charge in [0, 0.05) is 19.8 Å². The van der Waals surface area contributed by atoms with Gasteiger partial charge in [0.15, 0.2) is 0 Å². The third-order valence-electron chi connectivity index (χ3n) is 2.98. The molecule has 0 aliphatic carbocycles. The highest BCUT2D eigenvalue weighted by Crippen LogP contribution is 2.31. The van der Waals surface area contributed by atoms with Crippen LogP contribution in [0, 0.1) is 10.1 Å². The van der Waals surface area contributed by atoms with Crippen LogP contribution < -0.4 is 5.32 Å². The lowest BCUT2D eigenvalue weighted by Gasteiger charge is -2.02. The van der Waals surface area contributed by atoms with Gasteiger partial charge in [0.05, 0.1) is 16.8 Å². The Labute approximate surface area is 116 Å². The number of nitrogens with zero attached hydrogens (tertiary/aromatic N) is 5. The van der Waals surface area contributed by atoms with Crippen LogP contribution in [0.25, 0.3) is 0 Å². The topological polar surface area (TPSA) is 90.8 Å². The molecule has 0 bridgehead atoms. The minimum Gasteiger partial charge on any atom is -0.332 e. The molecule has 0 saturated carbocycles. The fraction of sp³-hybridized carbons (Fsp3) is 0.500. The van der Waals surface area contributed by atoms with Gasteiger partial charge in [-0.15, -0.1) is 0 Å². The molecule has 108 valence electrons. The lowest BCUT2D eigenvalue weighted by molar-refractivity contribution is -0.384. The van der Waals surface area contributed by atoms with E-state index in [4.69, 9.17) is 0 Å². The van der Waals surface area contributed by atoms with Crippen LogP contribution in [0.2, 0.25) is 0 Å². The third-order valence-corrected chi connectivity index (χ3v) is 2.98. The maximum atomic E-state index is 11.3. The van der Waals surface area contributed by atoms with Gasteiger partial charge in [-0.1, -0.05) is 13.3 Å². The van der Waals surface area contributed by atoms with Gasteiger partial charge in [-0.25, -0.2) is 4.68 Å². The molecule has 0 spiro atoms. The van der Waals surface area contributed by atoms with Crippen LogP contribution in [0.3, 0.4) is 0 Å². The highest BCUT2D eigenvalue weighted by atomic mass is 16.6. The second-order valence-electron chi connectivity index (χ2n) is 4.48. The summed E-state index contributed by atoms with van der Waals surface area (Å²) >= 11 is 0. The maximum Gasteiger partial charge on any atom is 0.334 e.